The van der Waals surface area contributed by atoms with Crippen molar-refractivity contribution < 1.29 is 0 Å². The molecule has 0 aliphatic carbocycles. The fourth-order valence-corrected chi connectivity index (χ4v) is 1.40. The maximum atomic E-state index is 3.90. The van der Waals surface area contributed by atoms with Crippen LogP contribution in [0.1, 0.15) is 25.8 Å². The number of allylic oxidation sites excluding steroid dienone is 1. The molecule has 13 heavy (non-hydrogen) atoms. The lowest BCUT2D eigenvalue weighted by Crippen LogP contribution is -2.08. The highest BCUT2D eigenvalue weighted by Gasteiger charge is 2.08. The smallest absolute Gasteiger partial charge is 0.0414 e. The van der Waals surface area contributed by atoms with E-state index < -0.39 is 0 Å². The zero-order valence-corrected chi connectivity index (χ0v) is 8.43. The van der Waals surface area contributed by atoms with Gasteiger partial charge >= 0.3 is 0 Å². The van der Waals surface area contributed by atoms with Crippen molar-refractivity contribution in [2.45, 2.75) is 26.7 Å². The van der Waals surface area contributed by atoms with Gasteiger partial charge in [-0.25, -0.2) is 0 Å². The molecular formula is C12H17N. The Morgan fingerprint density at radius 2 is 1.85 bits per heavy atom. The van der Waals surface area contributed by atoms with E-state index in [1.807, 2.05) is 19.9 Å². The molecule has 1 aromatic carbocycles. The third-order valence-corrected chi connectivity index (χ3v) is 2.02. The molecule has 70 valence electrons. The molecule has 0 saturated carbocycles. The van der Waals surface area contributed by atoms with Crippen LogP contribution in [-0.2, 0) is 6.42 Å². The summed E-state index contributed by atoms with van der Waals surface area (Å²) in [6.45, 7) is 7.90. The topological polar surface area (TPSA) is 12.0 Å². The van der Waals surface area contributed by atoms with Gasteiger partial charge in [-0.15, -0.1) is 0 Å². The highest BCUT2D eigenvalue weighted by atomic mass is 14.9. The van der Waals surface area contributed by atoms with E-state index in [4.69, 9.17) is 0 Å². The Labute approximate surface area is 80.5 Å². The summed E-state index contributed by atoms with van der Waals surface area (Å²) in [5, 5.41) is 3.27. The zero-order valence-electron chi connectivity index (χ0n) is 8.43. The van der Waals surface area contributed by atoms with Crippen molar-refractivity contribution in [1.29, 1.82) is 0 Å². The largest absolute Gasteiger partial charge is 0.359 e. The number of benzene rings is 1. The molecule has 1 heterocycles. The first-order valence-electron chi connectivity index (χ1n) is 4.89. The van der Waals surface area contributed by atoms with Crippen molar-refractivity contribution >= 4 is 5.69 Å². The number of para-hydroxylation sites is 1. The molecule has 0 spiro atoms. The fourth-order valence-electron chi connectivity index (χ4n) is 1.40. The zero-order chi connectivity index (χ0) is 9.68. The first-order valence-corrected chi connectivity index (χ1v) is 4.89. The van der Waals surface area contributed by atoms with Crippen molar-refractivity contribution in [2.24, 2.45) is 0 Å². The highest BCUT2D eigenvalue weighted by Crippen LogP contribution is 2.24. The number of anilines is 1. The minimum absolute atomic E-state index is 1.07. The minimum Gasteiger partial charge on any atom is -0.359 e. The van der Waals surface area contributed by atoms with Gasteiger partial charge in [0.05, 0.1) is 0 Å². The van der Waals surface area contributed by atoms with E-state index in [2.05, 4.69) is 30.1 Å². The van der Waals surface area contributed by atoms with Gasteiger partial charge in [0, 0.05) is 11.4 Å². The predicted molar refractivity (Wildman–Crippen MR) is 58.9 cm³/mol. The van der Waals surface area contributed by atoms with Crippen molar-refractivity contribution in [3.8, 4) is 0 Å². The predicted octanol–water partition coefficient (Wildman–Crippen LogP) is 3.58. The molecule has 1 aliphatic heterocycles. The lowest BCUT2D eigenvalue weighted by Gasteiger charge is -2.19. The molecule has 0 unspecified atom stereocenters. The molecule has 1 nitrogen and oxygen atoms in total. The van der Waals surface area contributed by atoms with Gasteiger partial charge in [-0.05, 0) is 24.5 Å². The van der Waals surface area contributed by atoms with Crippen LogP contribution in [0, 0.1) is 0 Å². The molecule has 0 saturated heterocycles. The van der Waals surface area contributed by atoms with Crippen LogP contribution in [0.15, 0.2) is 36.5 Å². The second-order valence-electron chi connectivity index (χ2n) is 2.89. The third kappa shape index (κ3) is 2.35. The number of aryl methyl sites for hydroxylation is 1. The lowest BCUT2D eigenvalue weighted by atomic mass is 10.0. The normalized spacial score (nSPS) is 13.5. The van der Waals surface area contributed by atoms with Crippen LogP contribution in [0.2, 0.25) is 0 Å². The third-order valence-electron chi connectivity index (χ3n) is 2.02. The Morgan fingerprint density at radius 1 is 1.15 bits per heavy atom. The van der Waals surface area contributed by atoms with Crippen molar-refractivity contribution in [3.63, 3.8) is 0 Å². The number of hydrogen-bond donors (Lipinski definition) is 1. The van der Waals surface area contributed by atoms with Crippen LogP contribution in [0.4, 0.5) is 5.69 Å². The Kier molecular flexibility index (Phi) is 3.56. The van der Waals surface area contributed by atoms with Gasteiger partial charge in [0.1, 0.15) is 0 Å². The van der Waals surface area contributed by atoms with E-state index in [9.17, 15) is 0 Å². The first-order chi connectivity index (χ1) is 6.36. The van der Waals surface area contributed by atoms with Crippen LogP contribution >= 0.6 is 0 Å². The van der Waals surface area contributed by atoms with Crippen LogP contribution < -0.4 is 5.32 Å². The van der Waals surface area contributed by atoms with Crippen molar-refractivity contribution in [1.82, 2.24) is 0 Å². The van der Waals surface area contributed by atoms with Gasteiger partial charge in [-0.3, -0.25) is 0 Å². The fraction of sp³-hybridized carbons (Fsp3) is 0.333. The highest BCUT2D eigenvalue weighted by molar-refractivity contribution is 5.57. The molecule has 0 fully saturated rings. The molecule has 1 aliphatic rings. The van der Waals surface area contributed by atoms with E-state index in [1.54, 1.807) is 0 Å². The van der Waals surface area contributed by atoms with Crippen LogP contribution in [0.5, 0.6) is 0 Å². The van der Waals surface area contributed by atoms with Gasteiger partial charge in [-0.2, -0.15) is 0 Å². The second kappa shape index (κ2) is 4.70. The molecule has 1 N–H and O–H groups in total. The van der Waals surface area contributed by atoms with Crippen molar-refractivity contribution in [2.75, 3.05) is 5.32 Å². The minimum atomic E-state index is 1.07. The van der Waals surface area contributed by atoms with Crippen LogP contribution in [0.3, 0.4) is 0 Å². The van der Waals surface area contributed by atoms with E-state index >= 15 is 0 Å². The SMILES string of the molecule is C=C1CCc2ccccc2N1.CC. The quantitative estimate of drug-likeness (QED) is 0.635. The van der Waals surface area contributed by atoms with E-state index in [1.165, 1.54) is 11.3 Å². The Hall–Kier alpha value is -1.24. The van der Waals surface area contributed by atoms with E-state index in [0.29, 0.717) is 0 Å². The van der Waals surface area contributed by atoms with Crippen molar-refractivity contribution in [3.05, 3.63) is 42.1 Å². The van der Waals surface area contributed by atoms with Gasteiger partial charge in [-0.1, -0.05) is 38.6 Å². The summed E-state index contributed by atoms with van der Waals surface area (Å²) in [6.07, 6.45) is 2.19. The summed E-state index contributed by atoms with van der Waals surface area (Å²) >= 11 is 0. The van der Waals surface area contributed by atoms with E-state index in [-0.39, 0.29) is 0 Å². The Bertz CT molecular complexity index is 289. The number of hydrogen-bond acceptors (Lipinski definition) is 1. The molecule has 1 heteroatoms. The molecule has 0 amide bonds. The average Bonchev–Trinajstić information content (AvgIpc) is 2.21. The summed E-state index contributed by atoms with van der Waals surface area (Å²) in [5.41, 5.74) is 3.76. The number of fused-ring (bicyclic) bond motifs is 1. The Morgan fingerprint density at radius 3 is 2.62 bits per heavy atom. The number of rotatable bonds is 0. The lowest BCUT2D eigenvalue weighted by molar-refractivity contribution is 0.919. The van der Waals surface area contributed by atoms with Gasteiger partial charge in [0.25, 0.3) is 0 Å². The average molecular weight is 175 g/mol. The summed E-state index contributed by atoms with van der Waals surface area (Å²) in [6, 6.07) is 8.38. The molecule has 0 bridgehead atoms. The first kappa shape index (κ1) is 9.85. The van der Waals surface area contributed by atoms with Gasteiger partial charge in [0.15, 0.2) is 0 Å². The Balaban J connectivity index is 0.000000396. The molecule has 1 aromatic rings. The summed E-state index contributed by atoms with van der Waals surface area (Å²) in [7, 11) is 0. The maximum Gasteiger partial charge on any atom is 0.0414 e. The van der Waals surface area contributed by atoms with E-state index in [0.717, 1.165) is 18.5 Å². The molecular weight excluding hydrogens is 158 g/mol. The standard InChI is InChI=1S/C10H11N.C2H6/c1-8-6-7-9-4-2-3-5-10(9)11-8;1-2/h2-5,11H,1,6-7H2;1-2H3. The molecule has 2 rings (SSSR count). The van der Waals surface area contributed by atoms with Crippen LogP contribution in [-0.4, -0.2) is 0 Å². The van der Waals surface area contributed by atoms with Gasteiger partial charge < -0.3 is 5.32 Å². The monoisotopic (exact) mass is 175 g/mol. The van der Waals surface area contributed by atoms with Gasteiger partial charge in [0.2, 0.25) is 0 Å². The summed E-state index contributed by atoms with van der Waals surface area (Å²) in [5.74, 6) is 0. The molecule has 0 aromatic heterocycles. The second-order valence-corrected chi connectivity index (χ2v) is 2.89. The summed E-state index contributed by atoms with van der Waals surface area (Å²) < 4.78 is 0. The summed E-state index contributed by atoms with van der Waals surface area (Å²) in [4.78, 5) is 0. The number of nitrogens with one attached hydrogen (secondary N) is 1. The maximum absolute atomic E-state index is 3.90. The molecule has 0 radical (unpaired) electrons. The molecule has 0 atom stereocenters. The van der Waals surface area contributed by atoms with Crippen LogP contribution in [0.25, 0.3) is 0 Å².